The maximum Gasteiger partial charge on any atom is 0.119 e. The predicted molar refractivity (Wildman–Crippen MR) is 113 cm³/mol. The van der Waals surface area contributed by atoms with Crippen LogP contribution in [0, 0.1) is 17.8 Å². The molecule has 2 heterocycles. The van der Waals surface area contributed by atoms with Gasteiger partial charge in [0.1, 0.15) is 5.75 Å². The molecule has 2 aromatic rings. The van der Waals surface area contributed by atoms with Crippen LogP contribution >= 0.6 is 0 Å². The van der Waals surface area contributed by atoms with E-state index in [2.05, 4.69) is 59.0 Å². The number of ether oxygens (including phenoxy) is 1. The number of nitrogens with zero attached hydrogens (tertiary/aromatic N) is 3. The predicted octanol–water partition coefficient (Wildman–Crippen LogP) is 4.17. The van der Waals surface area contributed by atoms with Gasteiger partial charge in [-0.3, -0.25) is 9.88 Å². The van der Waals surface area contributed by atoms with E-state index in [0.717, 1.165) is 56.3 Å². The first kappa shape index (κ1) is 18.0. The van der Waals surface area contributed by atoms with E-state index in [1.54, 1.807) is 0 Å². The summed E-state index contributed by atoms with van der Waals surface area (Å²) in [6.07, 6.45) is 6.58. The fourth-order valence-corrected chi connectivity index (χ4v) is 6.13. The fourth-order valence-electron chi connectivity index (χ4n) is 6.13. The highest BCUT2D eigenvalue weighted by Gasteiger charge is 2.70. The lowest BCUT2D eigenvalue weighted by Gasteiger charge is -2.43. The molecule has 0 spiro atoms. The Bertz CT molecular complexity index is 804. The molecule has 148 valence electrons. The lowest BCUT2D eigenvalue weighted by atomic mass is 9.89. The molecule has 2 unspecified atom stereocenters. The number of anilines is 1. The Morgan fingerprint density at radius 2 is 1.86 bits per heavy atom. The number of piperazine rings is 1. The third-order valence-corrected chi connectivity index (χ3v) is 7.24. The number of fused-ring (bicyclic) bond motifs is 1. The second-order valence-electron chi connectivity index (χ2n) is 8.76. The Hall–Kier alpha value is -2.07. The molecule has 1 aliphatic heterocycles. The number of hydrogen-bond acceptors (Lipinski definition) is 4. The molecule has 0 radical (unpaired) electrons. The summed E-state index contributed by atoms with van der Waals surface area (Å²) >= 11 is 0. The minimum absolute atomic E-state index is 0.237. The molecule has 0 amide bonds. The molecule has 4 nitrogen and oxygen atoms in total. The average molecular weight is 378 g/mol. The number of rotatable bonds is 5. The summed E-state index contributed by atoms with van der Waals surface area (Å²) in [4.78, 5) is 9.58. The van der Waals surface area contributed by atoms with Crippen LogP contribution < -0.4 is 9.64 Å². The van der Waals surface area contributed by atoms with Crippen molar-refractivity contribution in [2.24, 2.45) is 17.8 Å². The third-order valence-electron chi connectivity index (χ3n) is 7.24. The molecule has 1 saturated heterocycles. The summed E-state index contributed by atoms with van der Waals surface area (Å²) < 4.78 is 5.84. The molecule has 4 atom stereocenters. The van der Waals surface area contributed by atoms with Crippen molar-refractivity contribution in [2.45, 2.75) is 32.2 Å². The van der Waals surface area contributed by atoms with Crippen LogP contribution in [0.4, 0.5) is 5.69 Å². The zero-order chi connectivity index (χ0) is 19.1. The Morgan fingerprint density at radius 3 is 2.54 bits per heavy atom. The molecule has 1 aromatic heterocycles. The number of hydrogen-bond donors (Lipinski definition) is 0. The number of benzene rings is 1. The first-order chi connectivity index (χ1) is 13.7. The quantitative estimate of drug-likeness (QED) is 0.782. The molecule has 0 bridgehead atoms. The van der Waals surface area contributed by atoms with E-state index in [4.69, 9.17) is 4.74 Å². The minimum Gasteiger partial charge on any atom is -0.494 e. The van der Waals surface area contributed by atoms with Crippen molar-refractivity contribution in [1.29, 1.82) is 0 Å². The first-order valence-electron chi connectivity index (χ1n) is 10.9. The van der Waals surface area contributed by atoms with E-state index in [0.29, 0.717) is 0 Å². The molecule has 2 saturated carbocycles. The van der Waals surface area contributed by atoms with Crippen molar-refractivity contribution < 1.29 is 4.74 Å². The van der Waals surface area contributed by atoms with Crippen LogP contribution in [0.3, 0.4) is 0 Å². The van der Waals surface area contributed by atoms with Crippen LogP contribution in [0.15, 0.2) is 48.8 Å². The molecule has 3 aliphatic rings. The van der Waals surface area contributed by atoms with Crippen LogP contribution in [0.2, 0.25) is 0 Å². The van der Waals surface area contributed by atoms with Gasteiger partial charge < -0.3 is 9.64 Å². The Labute approximate surface area is 168 Å². The van der Waals surface area contributed by atoms with Gasteiger partial charge in [0.15, 0.2) is 0 Å². The maximum absolute atomic E-state index is 5.84. The van der Waals surface area contributed by atoms with E-state index in [1.165, 1.54) is 24.1 Å². The highest BCUT2D eigenvalue weighted by atomic mass is 16.5. The van der Waals surface area contributed by atoms with Gasteiger partial charge in [0, 0.05) is 32.4 Å². The highest BCUT2D eigenvalue weighted by molar-refractivity contribution is 5.46. The number of aromatic nitrogens is 1. The van der Waals surface area contributed by atoms with Gasteiger partial charge in [0.05, 0.1) is 24.0 Å². The molecule has 3 fully saturated rings. The van der Waals surface area contributed by atoms with Crippen molar-refractivity contribution in [3.8, 4) is 5.75 Å². The fraction of sp³-hybridized carbons (Fsp3) is 0.542. The number of pyridine rings is 1. The largest absolute Gasteiger partial charge is 0.494 e. The van der Waals surface area contributed by atoms with E-state index in [1.807, 2.05) is 18.5 Å². The summed E-state index contributed by atoms with van der Waals surface area (Å²) in [5.74, 6) is 3.51. The van der Waals surface area contributed by atoms with Crippen molar-refractivity contribution in [1.82, 2.24) is 9.88 Å². The molecule has 1 aromatic carbocycles. The Balaban J connectivity index is 1.40. The molecular formula is C24H31N3O. The van der Waals surface area contributed by atoms with Crippen LogP contribution in [-0.2, 0) is 5.54 Å². The van der Waals surface area contributed by atoms with Gasteiger partial charge in [-0.2, -0.15) is 0 Å². The zero-order valence-electron chi connectivity index (χ0n) is 17.1. The van der Waals surface area contributed by atoms with Crippen molar-refractivity contribution in [2.75, 3.05) is 37.7 Å². The van der Waals surface area contributed by atoms with Gasteiger partial charge in [-0.05, 0) is 67.3 Å². The normalized spacial score (nSPS) is 32.2. The summed E-state index contributed by atoms with van der Waals surface area (Å²) in [7, 11) is 0. The summed E-state index contributed by atoms with van der Waals surface area (Å²) in [6.45, 7) is 9.61. The molecule has 28 heavy (non-hydrogen) atoms. The Morgan fingerprint density at radius 1 is 1.07 bits per heavy atom. The third kappa shape index (κ3) is 2.81. The smallest absolute Gasteiger partial charge is 0.119 e. The SMILES string of the molecule is CCOc1cccc(C2(N3CCN(c4cccnc4)CC3)[C@@H]3CC(C)C[C@@H]32)c1. The van der Waals surface area contributed by atoms with E-state index in [9.17, 15) is 0 Å². The van der Waals surface area contributed by atoms with E-state index >= 15 is 0 Å². The lowest BCUT2D eigenvalue weighted by Crippen LogP contribution is -2.52. The molecule has 0 N–H and O–H groups in total. The maximum atomic E-state index is 5.84. The first-order valence-corrected chi connectivity index (χ1v) is 10.9. The van der Waals surface area contributed by atoms with Crippen molar-refractivity contribution >= 4 is 5.69 Å². The molecule has 2 aliphatic carbocycles. The van der Waals surface area contributed by atoms with Crippen molar-refractivity contribution in [3.63, 3.8) is 0 Å². The average Bonchev–Trinajstić information content (AvgIpc) is 3.16. The van der Waals surface area contributed by atoms with Crippen LogP contribution in [-0.4, -0.2) is 42.7 Å². The topological polar surface area (TPSA) is 28.6 Å². The second kappa shape index (κ2) is 7.07. The molecule has 5 rings (SSSR count). The summed E-state index contributed by atoms with van der Waals surface area (Å²) in [5.41, 5.74) is 2.97. The van der Waals surface area contributed by atoms with Crippen LogP contribution in [0.25, 0.3) is 0 Å². The monoisotopic (exact) mass is 377 g/mol. The minimum atomic E-state index is 0.237. The lowest BCUT2D eigenvalue weighted by molar-refractivity contribution is 0.124. The Kier molecular flexibility index (Phi) is 4.54. The van der Waals surface area contributed by atoms with E-state index in [-0.39, 0.29) is 5.54 Å². The standard InChI is InChI=1S/C24H31N3O/c1-3-28-21-8-4-6-19(16-21)24(22-14-18(2)15-23(22)24)27-12-10-26(11-13-27)20-7-5-9-25-17-20/h4-9,16-18,22-23H,3,10-15H2,1-2H3/t18?,22-,23+,24?. The molecule has 4 heteroatoms. The summed E-state index contributed by atoms with van der Waals surface area (Å²) in [6, 6.07) is 13.2. The molecular weight excluding hydrogens is 346 g/mol. The summed E-state index contributed by atoms with van der Waals surface area (Å²) in [5, 5.41) is 0. The van der Waals surface area contributed by atoms with Crippen LogP contribution in [0.1, 0.15) is 32.3 Å². The van der Waals surface area contributed by atoms with Gasteiger partial charge in [-0.25, -0.2) is 0 Å². The highest BCUT2D eigenvalue weighted by Crippen LogP contribution is 2.70. The van der Waals surface area contributed by atoms with Crippen molar-refractivity contribution in [3.05, 3.63) is 54.4 Å². The van der Waals surface area contributed by atoms with Gasteiger partial charge in [-0.1, -0.05) is 19.1 Å². The van der Waals surface area contributed by atoms with E-state index < -0.39 is 0 Å². The van der Waals surface area contributed by atoms with Gasteiger partial charge in [0.2, 0.25) is 0 Å². The van der Waals surface area contributed by atoms with Crippen LogP contribution in [0.5, 0.6) is 5.75 Å². The van der Waals surface area contributed by atoms with Gasteiger partial charge in [0.25, 0.3) is 0 Å². The zero-order valence-corrected chi connectivity index (χ0v) is 17.1. The second-order valence-corrected chi connectivity index (χ2v) is 8.76. The van der Waals surface area contributed by atoms with Gasteiger partial charge >= 0.3 is 0 Å². The van der Waals surface area contributed by atoms with Gasteiger partial charge in [-0.15, -0.1) is 0 Å².